The van der Waals surface area contributed by atoms with Crippen molar-refractivity contribution in [1.82, 2.24) is 0 Å². The van der Waals surface area contributed by atoms with E-state index in [4.69, 9.17) is 10.8 Å². The first-order chi connectivity index (χ1) is 5.52. The normalized spacial score (nSPS) is 12.5. The summed E-state index contributed by atoms with van der Waals surface area (Å²) in [6.07, 6.45) is 1.76. The fourth-order valence-corrected chi connectivity index (χ4v) is 0.940. The number of carboxylic acid groups (broad SMARTS) is 1. The van der Waals surface area contributed by atoms with Gasteiger partial charge in [-0.2, -0.15) is 0 Å². The van der Waals surface area contributed by atoms with Gasteiger partial charge in [0.25, 0.3) is 0 Å². The van der Waals surface area contributed by atoms with Crippen LogP contribution in [0.4, 0.5) is 0 Å². The van der Waals surface area contributed by atoms with Gasteiger partial charge in [-0.05, 0) is 19.8 Å². The molecule has 4 heteroatoms. The summed E-state index contributed by atoms with van der Waals surface area (Å²) in [5.74, 6) is -0.761. The highest BCUT2D eigenvalue weighted by atomic mass is 16.4. The maximum absolute atomic E-state index is 10.5. The fourth-order valence-electron chi connectivity index (χ4n) is 0.940. The number of carboxylic acids is 1. The van der Waals surface area contributed by atoms with Gasteiger partial charge in [-0.1, -0.05) is 0 Å². The third-order valence-corrected chi connectivity index (χ3v) is 1.54. The average molecular weight is 173 g/mol. The maximum Gasteiger partial charge on any atom is 0.304 e. The Balaban J connectivity index is 3.37. The molecule has 4 nitrogen and oxygen atoms in total. The largest absolute Gasteiger partial charge is 0.481 e. The minimum Gasteiger partial charge on any atom is -0.481 e. The predicted molar refractivity (Wildman–Crippen MR) is 44.8 cm³/mol. The highest BCUT2D eigenvalue weighted by Crippen LogP contribution is 2.02. The number of ketones is 1. The van der Waals surface area contributed by atoms with Crippen LogP contribution in [-0.2, 0) is 9.59 Å². The summed E-state index contributed by atoms with van der Waals surface area (Å²) in [6, 6.07) is -0.318. The molecule has 0 heterocycles. The lowest BCUT2D eigenvalue weighted by atomic mass is 10.1. The highest BCUT2D eigenvalue weighted by Gasteiger charge is 2.07. The zero-order valence-corrected chi connectivity index (χ0v) is 7.25. The SMILES string of the molecule is CC(=O)CCCC(N)CC(=O)O. The molecular formula is C8H15NO3. The molecule has 0 amide bonds. The zero-order chi connectivity index (χ0) is 9.56. The molecular weight excluding hydrogens is 158 g/mol. The van der Waals surface area contributed by atoms with Gasteiger partial charge < -0.3 is 15.6 Å². The first-order valence-electron chi connectivity index (χ1n) is 3.99. The summed E-state index contributed by atoms with van der Waals surface area (Å²) in [5, 5.41) is 8.35. The van der Waals surface area contributed by atoms with E-state index in [2.05, 4.69) is 0 Å². The van der Waals surface area contributed by atoms with E-state index < -0.39 is 5.97 Å². The Labute approximate surface area is 71.8 Å². The van der Waals surface area contributed by atoms with E-state index in [0.29, 0.717) is 19.3 Å². The molecule has 0 aliphatic carbocycles. The van der Waals surface area contributed by atoms with Crippen LogP contribution in [0.15, 0.2) is 0 Å². The van der Waals surface area contributed by atoms with E-state index >= 15 is 0 Å². The molecule has 0 aromatic carbocycles. The number of rotatable bonds is 6. The van der Waals surface area contributed by atoms with Gasteiger partial charge in [0.05, 0.1) is 6.42 Å². The molecule has 0 bridgehead atoms. The number of aliphatic carboxylic acids is 1. The van der Waals surface area contributed by atoms with Crippen molar-refractivity contribution in [2.75, 3.05) is 0 Å². The lowest BCUT2D eigenvalue weighted by Crippen LogP contribution is -2.23. The zero-order valence-electron chi connectivity index (χ0n) is 7.25. The Morgan fingerprint density at radius 1 is 1.50 bits per heavy atom. The van der Waals surface area contributed by atoms with Crippen LogP contribution in [0.1, 0.15) is 32.6 Å². The Kier molecular flexibility index (Phi) is 5.28. The fraction of sp³-hybridized carbons (Fsp3) is 0.750. The van der Waals surface area contributed by atoms with Gasteiger partial charge in [-0.25, -0.2) is 0 Å². The van der Waals surface area contributed by atoms with Crippen LogP contribution in [0.5, 0.6) is 0 Å². The highest BCUT2D eigenvalue weighted by molar-refractivity contribution is 5.75. The lowest BCUT2D eigenvalue weighted by Gasteiger charge is -2.06. The lowest BCUT2D eigenvalue weighted by molar-refractivity contribution is -0.137. The van der Waals surface area contributed by atoms with Gasteiger partial charge in [-0.15, -0.1) is 0 Å². The van der Waals surface area contributed by atoms with E-state index in [9.17, 15) is 9.59 Å². The number of Topliss-reactive ketones (excluding diaryl/α,β-unsaturated/α-hetero) is 1. The van der Waals surface area contributed by atoms with Gasteiger partial charge in [0.2, 0.25) is 0 Å². The van der Waals surface area contributed by atoms with Gasteiger partial charge >= 0.3 is 5.97 Å². The summed E-state index contributed by atoms with van der Waals surface area (Å²) < 4.78 is 0. The van der Waals surface area contributed by atoms with Gasteiger partial charge in [0, 0.05) is 12.5 Å². The molecule has 0 aromatic heterocycles. The molecule has 0 radical (unpaired) electrons. The van der Waals surface area contributed by atoms with Crippen molar-refractivity contribution in [1.29, 1.82) is 0 Å². The summed E-state index contributed by atoms with van der Waals surface area (Å²) in [7, 11) is 0. The Morgan fingerprint density at radius 2 is 2.08 bits per heavy atom. The van der Waals surface area contributed by atoms with E-state index in [0.717, 1.165) is 0 Å². The first kappa shape index (κ1) is 11.1. The molecule has 0 aliphatic heterocycles. The number of carbonyl (C=O) groups excluding carboxylic acids is 1. The topological polar surface area (TPSA) is 80.4 Å². The summed E-state index contributed by atoms with van der Waals surface area (Å²) in [6.45, 7) is 1.52. The smallest absolute Gasteiger partial charge is 0.304 e. The van der Waals surface area contributed by atoms with Gasteiger partial charge in [-0.3, -0.25) is 4.79 Å². The summed E-state index contributed by atoms with van der Waals surface area (Å²) >= 11 is 0. The Morgan fingerprint density at radius 3 is 2.50 bits per heavy atom. The quantitative estimate of drug-likeness (QED) is 0.614. The van der Waals surface area contributed by atoms with E-state index in [-0.39, 0.29) is 18.2 Å². The molecule has 3 N–H and O–H groups in total. The molecule has 1 unspecified atom stereocenters. The number of nitrogens with two attached hydrogens (primary N) is 1. The van der Waals surface area contributed by atoms with Crippen LogP contribution in [0.25, 0.3) is 0 Å². The van der Waals surface area contributed by atoms with Crippen LogP contribution in [-0.4, -0.2) is 22.9 Å². The second kappa shape index (κ2) is 5.71. The number of hydrogen-bond donors (Lipinski definition) is 2. The molecule has 0 saturated heterocycles. The molecule has 0 spiro atoms. The molecule has 0 saturated carbocycles. The number of carbonyl (C=O) groups is 2. The van der Waals surface area contributed by atoms with E-state index in [1.165, 1.54) is 6.92 Å². The van der Waals surface area contributed by atoms with Crippen molar-refractivity contribution in [3.05, 3.63) is 0 Å². The third kappa shape index (κ3) is 7.21. The van der Waals surface area contributed by atoms with Crippen LogP contribution in [0.3, 0.4) is 0 Å². The third-order valence-electron chi connectivity index (χ3n) is 1.54. The Hall–Kier alpha value is -0.900. The van der Waals surface area contributed by atoms with Crippen LogP contribution < -0.4 is 5.73 Å². The first-order valence-corrected chi connectivity index (χ1v) is 3.99. The maximum atomic E-state index is 10.5. The molecule has 12 heavy (non-hydrogen) atoms. The Bertz CT molecular complexity index is 168. The summed E-state index contributed by atoms with van der Waals surface area (Å²) in [5.41, 5.74) is 5.47. The molecule has 0 aromatic rings. The van der Waals surface area contributed by atoms with E-state index in [1.807, 2.05) is 0 Å². The van der Waals surface area contributed by atoms with Crippen molar-refractivity contribution in [3.8, 4) is 0 Å². The van der Waals surface area contributed by atoms with E-state index in [1.54, 1.807) is 0 Å². The van der Waals surface area contributed by atoms with Crippen LogP contribution in [0.2, 0.25) is 0 Å². The molecule has 1 atom stereocenters. The van der Waals surface area contributed by atoms with Crippen LogP contribution >= 0.6 is 0 Å². The van der Waals surface area contributed by atoms with Gasteiger partial charge in [0.1, 0.15) is 5.78 Å². The second-order valence-corrected chi connectivity index (χ2v) is 2.95. The predicted octanol–water partition coefficient (Wildman–Crippen LogP) is 0.548. The van der Waals surface area contributed by atoms with Crippen molar-refractivity contribution in [2.45, 2.75) is 38.6 Å². The van der Waals surface area contributed by atoms with Crippen LogP contribution in [0, 0.1) is 0 Å². The van der Waals surface area contributed by atoms with Crippen molar-refractivity contribution >= 4 is 11.8 Å². The minimum absolute atomic E-state index is 0.0160. The average Bonchev–Trinajstić information content (AvgIpc) is 1.84. The minimum atomic E-state index is -0.884. The molecule has 0 aliphatic rings. The van der Waals surface area contributed by atoms with Gasteiger partial charge in [0.15, 0.2) is 0 Å². The van der Waals surface area contributed by atoms with Crippen molar-refractivity contribution in [2.24, 2.45) is 5.73 Å². The standard InChI is InChI=1S/C8H15NO3/c1-6(10)3-2-4-7(9)5-8(11)12/h7H,2-5,9H2,1H3,(H,11,12). The van der Waals surface area contributed by atoms with Crippen molar-refractivity contribution < 1.29 is 14.7 Å². The molecule has 0 fully saturated rings. The monoisotopic (exact) mass is 173 g/mol. The number of hydrogen-bond acceptors (Lipinski definition) is 3. The summed E-state index contributed by atoms with van der Waals surface area (Å²) in [4.78, 5) is 20.7. The second-order valence-electron chi connectivity index (χ2n) is 2.95. The van der Waals surface area contributed by atoms with Crippen molar-refractivity contribution in [3.63, 3.8) is 0 Å². The molecule has 0 rings (SSSR count). The molecule has 70 valence electrons.